The van der Waals surface area contributed by atoms with Crippen LogP contribution >= 0.6 is 0 Å². The van der Waals surface area contributed by atoms with E-state index in [1.807, 2.05) is 13.1 Å². The van der Waals surface area contributed by atoms with Gasteiger partial charge in [-0.2, -0.15) is 0 Å². The van der Waals surface area contributed by atoms with Crippen LogP contribution in [0.3, 0.4) is 0 Å². The number of methoxy groups -OCH3 is 1. The number of hydrogen-bond donors (Lipinski definition) is 1. The molecule has 4 heteroatoms. The topological polar surface area (TPSA) is 37.4 Å². The van der Waals surface area contributed by atoms with E-state index in [1.165, 1.54) is 19.3 Å². The van der Waals surface area contributed by atoms with Crippen LogP contribution in [-0.4, -0.2) is 37.3 Å². The second-order valence-electron chi connectivity index (χ2n) is 5.89. The molecule has 0 spiro atoms. The van der Waals surface area contributed by atoms with Gasteiger partial charge in [0.1, 0.15) is 0 Å². The first-order valence-corrected chi connectivity index (χ1v) is 7.62. The zero-order valence-electron chi connectivity index (χ0n) is 13.1. The molecule has 4 nitrogen and oxygen atoms in total. The number of anilines is 1. The predicted molar refractivity (Wildman–Crippen MR) is 83.6 cm³/mol. The van der Waals surface area contributed by atoms with Crippen molar-refractivity contribution in [3.8, 4) is 5.75 Å². The maximum Gasteiger partial charge on any atom is 0.160 e. The Labute approximate surface area is 122 Å². The van der Waals surface area contributed by atoms with Crippen molar-refractivity contribution in [2.45, 2.75) is 52.1 Å². The van der Waals surface area contributed by atoms with Gasteiger partial charge in [0, 0.05) is 24.3 Å². The lowest BCUT2D eigenvalue weighted by molar-refractivity contribution is 0.386. The molecule has 1 aromatic heterocycles. The summed E-state index contributed by atoms with van der Waals surface area (Å²) >= 11 is 0. The molecule has 0 aliphatic carbocycles. The number of ether oxygens (including phenoxy) is 1. The maximum atomic E-state index is 5.50. The van der Waals surface area contributed by atoms with Gasteiger partial charge in [-0.25, -0.2) is 0 Å². The lowest BCUT2D eigenvalue weighted by Gasteiger charge is -2.35. The number of nitrogens with zero attached hydrogens (tertiary/aromatic N) is 2. The molecule has 0 bridgehead atoms. The van der Waals surface area contributed by atoms with Gasteiger partial charge in [0.2, 0.25) is 0 Å². The van der Waals surface area contributed by atoms with Crippen LogP contribution in [0.4, 0.5) is 5.69 Å². The highest BCUT2D eigenvalue weighted by atomic mass is 16.5. The van der Waals surface area contributed by atoms with E-state index >= 15 is 0 Å². The SMILES string of the molecule is COc1cnc(C)cc1N(CC1CCCCN1)C(C)C. The minimum atomic E-state index is 0.439. The molecule has 2 heterocycles. The van der Waals surface area contributed by atoms with Crippen LogP contribution in [0, 0.1) is 6.92 Å². The van der Waals surface area contributed by atoms with E-state index in [1.54, 1.807) is 7.11 Å². The largest absolute Gasteiger partial charge is 0.493 e. The fourth-order valence-corrected chi connectivity index (χ4v) is 2.82. The Kier molecular flexibility index (Phi) is 5.24. The van der Waals surface area contributed by atoms with E-state index in [2.05, 4.69) is 35.1 Å². The number of aryl methyl sites for hydroxylation is 1. The number of rotatable bonds is 5. The highest BCUT2D eigenvalue weighted by Gasteiger charge is 2.21. The number of piperidine rings is 1. The van der Waals surface area contributed by atoms with Crippen LogP contribution in [0.5, 0.6) is 5.75 Å². The lowest BCUT2D eigenvalue weighted by atomic mass is 10.0. The van der Waals surface area contributed by atoms with Crippen molar-refractivity contribution in [1.82, 2.24) is 10.3 Å². The number of hydrogen-bond acceptors (Lipinski definition) is 4. The van der Waals surface area contributed by atoms with Gasteiger partial charge in [-0.1, -0.05) is 6.42 Å². The van der Waals surface area contributed by atoms with Gasteiger partial charge in [0.05, 0.1) is 19.0 Å². The molecule has 0 amide bonds. The van der Waals surface area contributed by atoms with E-state index in [4.69, 9.17) is 4.74 Å². The molecule has 1 unspecified atom stereocenters. The van der Waals surface area contributed by atoms with Gasteiger partial charge in [0.25, 0.3) is 0 Å². The zero-order chi connectivity index (χ0) is 14.5. The first-order chi connectivity index (χ1) is 9.61. The van der Waals surface area contributed by atoms with Crippen LogP contribution < -0.4 is 15.0 Å². The van der Waals surface area contributed by atoms with Crippen molar-refractivity contribution < 1.29 is 4.74 Å². The number of nitrogens with one attached hydrogen (secondary N) is 1. The van der Waals surface area contributed by atoms with E-state index in [0.29, 0.717) is 12.1 Å². The normalized spacial score (nSPS) is 19.1. The van der Waals surface area contributed by atoms with E-state index in [9.17, 15) is 0 Å². The molecule has 0 radical (unpaired) electrons. The molecule has 2 rings (SSSR count). The summed E-state index contributed by atoms with van der Waals surface area (Å²) in [4.78, 5) is 6.76. The van der Waals surface area contributed by atoms with Gasteiger partial charge in [-0.3, -0.25) is 4.98 Å². The summed E-state index contributed by atoms with van der Waals surface area (Å²) in [6.07, 6.45) is 5.72. The van der Waals surface area contributed by atoms with E-state index < -0.39 is 0 Å². The molecule has 0 aromatic carbocycles. The first-order valence-electron chi connectivity index (χ1n) is 7.62. The highest BCUT2D eigenvalue weighted by Crippen LogP contribution is 2.30. The van der Waals surface area contributed by atoms with Gasteiger partial charge in [-0.05, 0) is 46.2 Å². The van der Waals surface area contributed by atoms with Crippen molar-refractivity contribution in [2.75, 3.05) is 25.1 Å². The predicted octanol–water partition coefficient (Wildman–Crippen LogP) is 2.76. The van der Waals surface area contributed by atoms with Crippen molar-refractivity contribution in [1.29, 1.82) is 0 Å². The Morgan fingerprint density at radius 2 is 2.25 bits per heavy atom. The minimum Gasteiger partial charge on any atom is -0.493 e. The van der Waals surface area contributed by atoms with Crippen LogP contribution in [0.25, 0.3) is 0 Å². The third-order valence-corrected chi connectivity index (χ3v) is 3.97. The Bertz CT molecular complexity index is 428. The smallest absolute Gasteiger partial charge is 0.160 e. The minimum absolute atomic E-state index is 0.439. The number of pyridine rings is 1. The molecule has 20 heavy (non-hydrogen) atoms. The summed E-state index contributed by atoms with van der Waals surface area (Å²) in [6.45, 7) is 8.66. The molecule has 1 atom stereocenters. The molecule has 0 saturated carbocycles. The Morgan fingerprint density at radius 1 is 1.45 bits per heavy atom. The molecular formula is C16H27N3O. The molecule has 112 valence electrons. The fraction of sp³-hybridized carbons (Fsp3) is 0.688. The summed E-state index contributed by atoms with van der Waals surface area (Å²) in [7, 11) is 1.72. The number of aromatic nitrogens is 1. The van der Waals surface area contributed by atoms with Crippen LogP contribution in [0.2, 0.25) is 0 Å². The second-order valence-corrected chi connectivity index (χ2v) is 5.89. The quantitative estimate of drug-likeness (QED) is 0.898. The first kappa shape index (κ1) is 15.1. The molecular weight excluding hydrogens is 250 g/mol. The summed E-state index contributed by atoms with van der Waals surface area (Å²) in [5.74, 6) is 0.861. The lowest BCUT2D eigenvalue weighted by Crippen LogP contribution is -2.46. The van der Waals surface area contributed by atoms with Gasteiger partial charge in [0.15, 0.2) is 5.75 Å². The molecule has 1 saturated heterocycles. The molecule has 1 aliphatic rings. The Hall–Kier alpha value is -1.29. The monoisotopic (exact) mass is 277 g/mol. The van der Waals surface area contributed by atoms with E-state index in [-0.39, 0.29) is 0 Å². The highest BCUT2D eigenvalue weighted by molar-refractivity contribution is 5.59. The van der Waals surface area contributed by atoms with Crippen molar-refractivity contribution in [3.05, 3.63) is 18.0 Å². The molecule has 1 fully saturated rings. The summed E-state index contributed by atoms with van der Waals surface area (Å²) in [5.41, 5.74) is 2.19. The fourth-order valence-electron chi connectivity index (χ4n) is 2.82. The summed E-state index contributed by atoms with van der Waals surface area (Å²) < 4.78 is 5.50. The molecule has 1 aliphatic heterocycles. The van der Waals surface area contributed by atoms with Gasteiger partial charge < -0.3 is 15.0 Å². The van der Waals surface area contributed by atoms with Crippen LogP contribution in [0.1, 0.15) is 38.8 Å². The third kappa shape index (κ3) is 3.63. The van der Waals surface area contributed by atoms with Crippen molar-refractivity contribution >= 4 is 5.69 Å². The van der Waals surface area contributed by atoms with Gasteiger partial charge >= 0.3 is 0 Å². The summed E-state index contributed by atoms with van der Waals surface area (Å²) in [5, 5.41) is 3.63. The maximum absolute atomic E-state index is 5.50. The van der Waals surface area contributed by atoms with Crippen molar-refractivity contribution in [3.63, 3.8) is 0 Å². The average molecular weight is 277 g/mol. The zero-order valence-corrected chi connectivity index (χ0v) is 13.1. The third-order valence-electron chi connectivity index (χ3n) is 3.97. The second kappa shape index (κ2) is 6.93. The van der Waals surface area contributed by atoms with Gasteiger partial charge in [-0.15, -0.1) is 0 Å². The Morgan fingerprint density at radius 3 is 2.85 bits per heavy atom. The molecule has 1 aromatic rings. The van der Waals surface area contributed by atoms with E-state index in [0.717, 1.165) is 30.2 Å². The van der Waals surface area contributed by atoms with Crippen LogP contribution in [-0.2, 0) is 0 Å². The average Bonchev–Trinajstić information content (AvgIpc) is 2.45. The summed E-state index contributed by atoms with van der Waals surface area (Å²) in [6, 6.07) is 3.14. The van der Waals surface area contributed by atoms with Crippen molar-refractivity contribution in [2.24, 2.45) is 0 Å². The standard InChI is InChI=1S/C16H27N3O/c1-12(2)19(11-14-7-5-6-8-17-14)15-9-13(3)18-10-16(15)20-4/h9-10,12,14,17H,5-8,11H2,1-4H3. The Balaban J connectivity index is 2.21. The molecule has 1 N–H and O–H groups in total. The van der Waals surface area contributed by atoms with Crippen LogP contribution in [0.15, 0.2) is 12.3 Å².